The van der Waals surface area contributed by atoms with Gasteiger partial charge >= 0.3 is 12.1 Å². The number of rotatable bonds is 14. The van der Waals surface area contributed by atoms with E-state index >= 15 is 0 Å². The molecular weight excluding hydrogens is 662 g/mol. The molecule has 0 bridgehead atoms. The predicted octanol–water partition coefficient (Wildman–Crippen LogP) is 7.28. The summed E-state index contributed by atoms with van der Waals surface area (Å²) in [5, 5.41) is 3.49. The van der Waals surface area contributed by atoms with Crippen LogP contribution in [0.3, 0.4) is 0 Å². The van der Waals surface area contributed by atoms with Crippen molar-refractivity contribution in [3.63, 3.8) is 0 Å². The third-order valence-electron chi connectivity index (χ3n) is 7.86. The van der Waals surface area contributed by atoms with Gasteiger partial charge in [0, 0.05) is 43.7 Å². The van der Waals surface area contributed by atoms with Crippen LogP contribution in [0, 0.1) is 0 Å². The van der Waals surface area contributed by atoms with Crippen molar-refractivity contribution in [3.05, 3.63) is 76.8 Å². The summed E-state index contributed by atoms with van der Waals surface area (Å²) in [6.07, 6.45) is 1.86. The zero-order chi connectivity index (χ0) is 36.3. The van der Waals surface area contributed by atoms with Crippen LogP contribution in [0.5, 0.6) is 17.2 Å². The van der Waals surface area contributed by atoms with Crippen molar-refractivity contribution in [2.45, 2.75) is 71.7 Å². The molecule has 0 aromatic heterocycles. The van der Waals surface area contributed by atoms with Gasteiger partial charge in [-0.05, 0) is 95.5 Å². The summed E-state index contributed by atoms with van der Waals surface area (Å²) in [4.78, 5) is 41.9. The summed E-state index contributed by atoms with van der Waals surface area (Å²) in [6.45, 7) is 9.27. The van der Waals surface area contributed by atoms with E-state index in [1.807, 2.05) is 12.1 Å². The molecule has 1 aliphatic rings. The Hall–Kier alpha value is -4.48. The molecule has 0 unspecified atom stereocenters. The van der Waals surface area contributed by atoms with E-state index in [4.69, 9.17) is 35.3 Å². The average molecular weight is 710 g/mol. The zero-order valence-corrected chi connectivity index (χ0v) is 30.5. The molecule has 1 heterocycles. The first-order valence-corrected chi connectivity index (χ1v) is 17.2. The fourth-order valence-electron chi connectivity index (χ4n) is 5.20. The quantitative estimate of drug-likeness (QED) is 0.173. The number of hydrogen-bond donors (Lipinski definition) is 1. The molecule has 0 aliphatic carbocycles. The van der Waals surface area contributed by atoms with Crippen molar-refractivity contribution in [3.8, 4) is 17.2 Å². The summed E-state index contributed by atoms with van der Waals surface area (Å²) in [5.41, 5.74) is 1.80. The van der Waals surface area contributed by atoms with Crippen LogP contribution >= 0.6 is 11.6 Å². The van der Waals surface area contributed by atoms with E-state index < -0.39 is 17.6 Å². The minimum Gasteiger partial charge on any atom is -0.490 e. The van der Waals surface area contributed by atoms with Crippen molar-refractivity contribution < 1.29 is 38.1 Å². The molecule has 0 radical (unpaired) electrons. The SMILES string of the molecule is CCOC(=O)CCc1ccc(OCC(=O)Nc2ccc(OC3CCN(C)CC3)cc2N(C)C(=O)OC(C)(C)C)cc1OCc1ccc(Cl)cc1. The third kappa shape index (κ3) is 12.1. The summed E-state index contributed by atoms with van der Waals surface area (Å²) in [5.74, 6) is 0.769. The molecular formula is C38H48ClN3O8. The molecule has 0 saturated carbocycles. The van der Waals surface area contributed by atoms with E-state index in [1.165, 1.54) is 4.90 Å². The first kappa shape index (κ1) is 38.3. The van der Waals surface area contributed by atoms with Crippen LogP contribution in [-0.2, 0) is 32.1 Å². The maximum Gasteiger partial charge on any atom is 0.414 e. The Morgan fingerprint density at radius 3 is 2.34 bits per heavy atom. The number of piperidine rings is 1. The standard InChI is InChI=1S/C38H48ClN3O8/c1-7-46-36(44)17-11-27-10-14-30(23-34(27)48-24-26-8-12-28(39)13-9-26)47-25-35(43)40-32-16-15-31(49-29-18-20-41(5)21-19-29)22-33(32)42(6)37(45)50-38(2,3)4/h8-10,12-16,22-23,29H,7,11,17-21,24-25H2,1-6H3,(H,40,43). The topological polar surface area (TPSA) is 116 Å². The lowest BCUT2D eigenvalue weighted by Crippen LogP contribution is -2.36. The lowest BCUT2D eigenvalue weighted by atomic mass is 10.1. The highest BCUT2D eigenvalue weighted by Crippen LogP contribution is 2.33. The van der Waals surface area contributed by atoms with Gasteiger partial charge in [0.15, 0.2) is 6.61 Å². The summed E-state index contributed by atoms with van der Waals surface area (Å²) in [6, 6.07) is 17.7. The lowest BCUT2D eigenvalue weighted by Gasteiger charge is -2.30. The van der Waals surface area contributed by atoms with E-state index in [1.54, 1.807) is 83.3 Å². The van der Waals surface area contributed by atoms with Gasteiger partial charge in [0.2, 0.25) is 0 Å². The number of carbonyl (C=O) groups excluding carboxylic acids is 3. The molecule has 270 valence electrons. The number of benzene rings is 3. The van der Waals surface area contributed by atoms with Gasteiger partial charge in [0.1, 0.15) is 35.6 Å². The largest absolute Gasteiger partial charge is 0.490 e. The predicted molar refractivity (Wildman–Crippen MR) is 194 cm³/mol. The number of likely N-dealkylation sites (tertiary alicyclic amines) is 1. The van der Waals surface area contributed by atoms with Crippen molar-refractivity contribution >= 4 is 40.9 Å². The van der Waals surface area contributed by atoms with Gasteiger partial charge in [-0.2, -0.15) is 0 Å². The smallest absolute Gasteiger partial charge is 0.414 e. The Morgan fingerprint density at radius 2 is 1.66 bits per heavy atom. The molecule has 3 aromatic rings. The highest BCUT2D eigenvalue weighted by molar-refractivity contribution is 6.30. The van der Waals surface area contributed by atoms with Gasteiger partial charge in [-0.1, -0.05) is 29.8 Å². The Bertz CT molecular complexity index is 1600. The van der Waals surface area contributed by atoms with E-state index in [2.05, 4.69) is 17.3 Å². The first-order valence-electron chi connectivity index (χ1n) is 16.8. The van der Waals surface area contributed by atoms with Crippen molar-refractivity contribution in [2.24, 2.45) is 0 Å². The first-order chi connectivity index (χ1) is 23.8. The van der Waals surface area contributed by atoms with E-state index in [-0.39, 0.29) is 31.7 Å². The number of carbonyl (C=O) groups is 3. The Balaban J connectivity index is 1.47. The molecule has 0 spiro atoms. The van der Waals surface area contributed by atoms with Gasteiger partial charge in [-0.25, -0.2) is 4.79 Å². The van der Waals surface area contributed by atoms with Crippen LogP contribution in [-0.4, -0.2) is 75.0 Å². The minimum absolute atomic E-state index is 0.0522. The monoisotopic (exact) mass is 709 g/mol. The highest BCUT2D eigenvalue weighted by Gasteiger charge is 2.25. The number of amides is 2. The number of ether oxygens (including phenoxy) is 5. The van der Waals surface area contributed by atoms with Crippen LogP contribution < -0.4 is 24.4 Å². The molecule has 1 fully saturated rings. The van der Waals surface area contributed by atoms with Gasteiger partial charge in [-0.3, -0.25) is 14.5 Å². The molecule has 1 N–H and O–H groups in total. The molecule has 4 rings (SSSR count). The van der Waals surface area contributed by atoms with Crippen LogP contribution in [0.1, 0.15) is 58.1 Å². The van der Waals surface area contributed by atoms with E-state index in [0.717, 1.165) is 37.1 Å². The summed E-state index contributed by atoms with van der Waals surface area (Å²) >= 11 is 6.03. The Morgan fingerprint density at radius 1 is 0.960 bits per heavy atom. The van der Waals surface area contributed by atoms with Crippen LogP contribution in [0.2, 0.25) is 5.02 Å². The lowest BCUT2D eigenvalue weighted by molar-refractivity contribution is -0.143. The van der Waals surface area contributed by atoms with Gasteiger partial charge in [0.25, 0.3) is 5.91 Å². The number of anilines is 2. The number of hydrogen-bond acceptors (Lipinski definition) is 9. The molecule has 11 nitrogen and oxygen atoms in total. The normalized spacial score (nSPS) is 13.7. The second-order valence-electron chi connectivity index (χ2n) is 13.2. The minimum atomic E-state index is -0.712. The van der Waals surface area contributed by atoms with E-state index in [0.29, 0.717) is 46.7 Å². The maximum absolute atomic E-state index is 13.2. The molecule has 50 heavy (non-hydrogen) atoms. The van der Waals surface area contributed by atoms with E-state index in [9.17, 15) is 14.4 Å². The number of nitrogens with zero attached hydrogens (tertiary/aromatic N) is 2. The van der Waals surface area contributed by atoms with Crippen LogP contribution in [0.25, 0.3) is 0 Å². The molecule has 1 aliphatic heterocycles. The summed E-state index contributed by atoms with van der Waals surface area (Å²) in [7, 11) is 3.68. The van der Waals surface area contributed by atoms with Crippen LogP contribution in [0.15, 0.2) is 60.7 Å². The van der Waals surface area contributed by atoms with Gasteiger partial charge < -0.3 is 33.9 Å². The van der Waals surface area contributed by atoms with Crippen molar-refractivity contribution in [1.82, 2.24) is 4.90 Å². The Labute approximate surface area is 299 Å². The molecule has 3 aromatic carbocycles. The van der Waals surface area contributed by atoms with Gasteiger partial charge in [0.05, 0.1) is 18.0 Å². The fourth-order valence-corrected chi connectivity index (χ4v) is 5.33. The molecule has 12 heteroatoms. The van der Waals surface area contributed by atoms with Gasteiger partial charge in [-0.15, -0.1) is 0 Å². The highest BCUT2D eigenvalue weighted by atomic mass is 35.5. The third-order valence-corrected chi connectivity index (χ3v) is 8.11. The molecule has 2 amide bonds. The Kier molecular flexibility index (Phi) is 13.8. The molecule has 0 atom stereocenters. The van der Waals surface area contributed by atoms with Crippen molar-refractivity contribution in [2.75, 3.05) is 50.6 Å². The summed E-state index contributed by atoms with van der Waals surface area (Å²) < 4.78 is 29.0. The number of esters is 1. The maximum atomic E-state index is 13.2. The zero-order valence-electron chi connectivity index (χ0n) is 29.8. The number of nitrogens with one attached hydrogen (secondary N) is 1. The second-order valence-corrected chi connectivity index (χ2v) is 13.6. The molecule has 1 saturated heterocycles. The fraction of sp³-hybridized carbons (Fsp3) is 0.447. The van der Waals surface area contributed by atoms with Crippen LogP contribution in [0.4, 0.5) is 16.2 Å². The number of halogens is 1. The number of aryl methyl sites for hydroxylation is 1. The second kappa shape index (κ2) is 18.0. The van der Waals surface area contributed by atoms with Crippen molar-refractivity contribution in [1.29, 1.82) is 0 Å². The average Bonchev–Trinajstić information content (AvgIpc) is 3.07.